The van der Waals surface area contributed by atoms with Crippen LogP contribution in [-0.2, 0) is 11.3 Å². The summed E-state index contributed by atoms with van der Waals surface area (Å²) in [5.74, 6) is -1.60. The fourth-order valence-corrected chi connectivity index (χ4v) is 0.873. The van der Waals surface area contributed by atoms with Crippen LogP contribution in [0.5, 0.6) is 0 Å². The first-order valence-corrected chi connectivity index (χ1v) is 3.63. The number of amides is 1. The summed E-state index contributed by atoms with van der Waals surface area (Å²) in [7, 11) is 0. The predicted molar refractivity (Wildman–Crippen MR) is 43.6 cm³/mol. The van der Waals surface area contributed by atoms with Gasteiger partial charge in [-0.3, -0.25) is 4.79 Å². The van der Waals surface area contributed by atoms with E-state index in [0.717, 1.165) is 18.2 Å². The molecule has 0 saturated heterocycles. The number of carbonyl (C=O) groups is 1. The largest absolute Gasteiger partial charge is 0.352 e. The topological polar surface area (TPSA) is 29.1 Å². The molecule has 1 rings (SSSR count). The first kappa shape index (κ1) is 9.64. The molecule has 0 atom stereocenters. The first-order chi connectivity index (χ1) is 6.09. The maximum atomic E-state index is 12.9. The van der Waals surface area contributed by atoms with Crippen LogP contribution in [0.3, 0.4) is 0 Å². The van der Waals surface area contributed by atoms with Crippen LogP contribution in [0, 0.1) is 18.6 Å². The maximum Gasteiger partial charge on any atom is 0.220 e. The Morgan fingerprint density at radius 2 is 2.15 bits per heavy atom. The van der Waals surface area contributed by atoms with Gasteiger partial charge in [0.1, 0.15) is 11.6 Å². The summed E-state index contributed by atoms with van der Waals surface area (Å²) in [5.41, 5.74) is 0.108. The summed E-state index contributed by atoms with van der Waals surface area (Å²) in [6.45, 7) is 2.99. The Balaban J connectivity index is 2.75. The minimum Gasteiger partial charge on any atom is -0.352 e. The Kier molecular flexibility index (Phi) is 2.95. The van der Waals surface area contributed by atoms with E-state index in [1.54, 1.807) is 0 Å². The number of halogens is 2. The second kappa shape index (κ2) is 3.98. The van der Waals surface area contributed by atoms with E-state index in [9.17, 15) is 13.6 Å². The molecule has 0 heterocycles. The summed E-state index contributed by atoms with van der Waals surface area (Å²) < 4.78 is 25.5. The average molecular weight is 184 g/mol. The lowest BCUT2D eigenvalue weighted by atomic mass is 10.2. The van der Waals surface area contributed by atoms with Crippen molar-refractivity contribution < 1.29 is 13.6 Å². The van der Waals surface area contributed by atoms with Gasteiger partial charge < -0.3 is 5.32 Å². The molecule has 1 aromatic rings. The fourth-order valence-electron chi connectivity index (χ4n) is 0.873. The van der Waals surface area contributed by atoms with E-state index in [0.29, 0.717) is 0 Å². The van der Waals surface area contributed by atoms with Gasteiger partial charge in [0.05, 0.1) is 0 Å². The highest BCUT2D eigenvalue weighted by Gasteiger charge is 2.03. The Hall–Kier alpha value is -1.45. The molecular weight excluding hydrogens is 176 g/mol. The van der Waals surface area contributed by atoms with E-state index in [4.69, 9.17) is 0 Å². The Bertz CT molecular complexity index is 325. The van der Waals surface area contributed by atoms with Gasteiger partial charge >= 0.3 is 0 Å². The molecule has 13 heavy (non-hydrogen) atoms. The van der Waals surface area contributed by atoms with E-state index >= 15 is 0 Å². The van der Waals surface area contributed by atoms with Gasteiger partial charge in [-0.15, -0.1) is 0 Å². The van der Waals surface area contributed by atoms with Crippen LogP contribution in [0.1, 0.15) is 5.56 Å². The van der Waals surface area contributed by atoms with Crippen molar-refractivity contribution >= 4 is 5.91 Å². The number of rotatable bonds is 2. The number of nitrogens with one attached hydrogen (secondary N) is 1. The zero-order chi connectivity index (χ0) is 9.84. The highest BCUT2D eigenvalue weighted by molar-refractivity contribution is 5.79. The smallest absolute Gasteiger partial charge is 0.220 e. The second-order valence-corrected chi connectivity index (χ2v) is 2.51. The van der Waals surface area contributed by atoms with E-state index in [1.807, 2.05) is 0 Å². The highest BCUT2D eigenvalue weighted by atomic mass is 19.1. The third-order valence-electron chi connectivity index (χ3n) is 1.48. The van der Waals surface area contributed by atoms with Crippen molar-refractivity contribution in [1.29, 1.82) is 0 Å². The van der Waals surface area contributed by atoms with Crippen LogP contribution in [0.15, 0.2) is 18.2 Å². The van der Waals surface area contributed by atoms with E-state index in [-0.39, 0.29) is 12.1 Å². The van der Waals surface area contributed by atoms with Gasteiger partial charge in [-0.05, 0) is 18.2 Å². The molecule has 2 nitrogen and oxygen atoms in total. The normalized spacial score (nSPS) is 9.77. The van der Waals surface area contributed by atoms with Gasteiger partial charge in [0.25, 0.3) is 0 Å². The molecule has 1 radical (unpaired) electrons. The molecule has 0 saturated carbocycles. The Morgan fingerprint density at radius 1 is 1.46 bits per heavy atom. The van der Waals surface area contributed by atoms with Gasteiger partial charge in [-0.25, -0.2) is 8.78 Å². The molecule has 0 aliphatic heterocycles. The number of carbonyl (C=O) groups excluding carboxylic acids is 1. The molecule has 0 aliphatic carbocycles. The quantitative estimate of drug-likeness (QED) is 0.739. The van der Waals surface area contributed by atoms with Crippen molar-refractivity contribution in [3.63, 3.8) is 0 Å². The van der Waals surface area contributed by atoms with Crippen molar-refractivity contribution in [1.82, 2.24) is 5.32 Å². The zero-order valence-electron chi connectivity index (χ0n) is 6.81. The van der Waals surface area contributed by atoms with Gasteiger partial charge in [-0.2, -0.15) is 0 Å². The summed E-state index contributed by atoms with van der Waals surface area (Å²) in [4.78, 5) is 10.4. The van der Waals surface area contributed by atoms with E-state index in [2.05, 4.69) is 12.2 Å². The fraction of sp³-hybridized carbons (Fsp3) is 0.111. The first-order valence-electron chi connectivity index (χ1n) is 3.63. The minimum atomic E-state index is -0.546. The molecule has 1 amide bonds. The van der Waals surface area contributed by atoms with Gasteiger partial charge in [0.15, 0.2) is 0 Å². The van der Waals surface area contributed by atoms with Crippen molar-refractivity contribution in [2.75, 3.05) is 0 Å². The van der Waals surface area contributed by atoms with Gasteiger partial charge in [0, 0.05) is 19.0 Å². The van der Waals surface area contributed by atoms with Crippen LogP contribution < -0.4 is 5.32 Å². The lowest BCUT2D eigenvalue weighted by Gasteiger charge is -2.03. The SMILES string of the molecule is [CH2]C(=O)NCc1cc(F)ccc1F. The van der Waals surface area contributed by atoms with E-state index < -0.39 is 17.5 Å². The summed E-state index contributed by atoms with van der Waals surface area (Å²) in [5, 5.41) is 2.27. The van der Waals surface area contributed by atoms with Crippen LogP contribution in [0.2, 0.25) is 0 Å². The molecule has 4 heteroatoms. The monoisotopic (exact) mass is 184 g/mol. The molecular formula is C9H8F2NO. The predicted octanol–water partition coefficient (Wildman–Crippen LogP) is 1.42. The van der Waals surface area contributed by atoms with E-state index in [1.165, 1.54) is 0 Å². The standard InChI is InChI=1S/C9H8F2NO/c1-6(13)12-5-7-4-8(10)2-3-9(7)11/h2-4H,1,5H2,(H,12,13). The zero-order valence-corrected chi connectivity index (χ0v) is 6.81. The minimum absolute atomic E-state index is 0.0497. The molecule has 0 unspecified atom stereocenters. The average Bonchev–Trinajstić information content (AvgIpc) is 2.06. The van der Waals surface area contributed by atoms with Crippen LogP contribution >= 0.6 is 0 Å². The molecule has 1 N–H and O–H groups in total. The van der Waals surface area contributed by atoms with Crippen molar-refractivity contribution in [3.05, 3.63) is 42.3 Å². The Morgan fingerprint density at radius 3 is 2.77 bits per heavy atom. The van der Waals surface area contributed by atoms with Crippen molar-refractivity contribution in [2.24, 2.45) is 0 Å². The third-order valence-corrected chi connectivity index (χ3v) is 1.48. The molecule has 0 aromatic heterocycles. The molecule has 0 fully saturated rings. The summed E-state index contributed by atoms with van der Waals surface area (Å²) in [6.07, 6.45) is 0. The number of hydrogen-bond acceptors (Lipinski definition) is 1. The van der Waals surface area contributed by atoms with Crippen molar-refractivity contribution in [3.8, 4) is 0 Å². The van der Waals surface area contributed by atoms with Crippen LogP contribution in [0.4, 0.5) is 8.78 Å². The second-order valence-electron chi connectivity index (χ2n) is 2.51. The van der Waals surface area contributed by atoms with Crippen LogP contribution in [-0.4, -0.2) is 5.91 Å². The summed E-state index contributed by atoms with van der Waals surface area (Å²) in [6, 6.07) is 3.07. The molecule has 1 aromatic carbocycles. The summed E-state index contributed by atoms with van der Waals surface area (Å²) >= 11 is 0. The molecule has 0 spiro atoms. The van der Waals surface area contributed by atoms with Crippen LogP contribution in [0.25, 0.3) is 0 Å². The van der Waals surface area contributed by atoms with Crippen molar-refractivity contribution in [2.45, 2.75) is 6.54 Å². The molecule has 0 bridgehead atoms. The highest BCUT2D eigenvalue weighted by Crippen LogP contribution is 2.08. The Labute approximate surface area is 74.6 Å². The van der Waals surface area contributed by atoms with Gasteiger partial charge in [0.2, 0.25) is 5.91 Å². The molecule has 69 valence electrons. The maximum absolute atomic E-state index is 12.9. The van der Waals surface area contributed by atoms with Gasteiger partial charge in [-0.1, -0.05) is 0 Å². The molecule has 0 aliphatic rings. The third kappa shape index (κ3) is 2.82. The lowest BCUT2D eigenvalue weighted by Crippen LogP contribution is -2.20. The number of benzene rings is 1. The number of hydrogen-bond donors (Lipinski definition) is 1. The lowest BCUT2D eigenvalue weighted by molar-refractivity contribution is -0.116.